The summed E-state index contributed by atoms with van der Waals surface area (Å²) in [6, 6.07) is 10.3. The number of amides is 2. The summed E-state index contributed by atoms with van der Waals surface area (Å²) in [7, 11) is 0. The quantitative estimate of drug-likeness (QED) is 0.806. The molecule has 28 heavy (non-hydrogen) atoms. The summed E-state index contributed by atoms with van der Waals surface area (Å²) < 4.78 is 0. The molecule has 0 saturated carbocycles. The molecule has 6 nitrogen and oxygen atoms in total. The number of benzene rings is 1. The van der Waals surface area contributed by atoms with Crippen LogP contribution >= 0.6 is 0 Å². The molecule has 154 valence electrons. The van der Waals surface area contributed by atoms with Gasteiger partial charge in [0.25, 0.3) is 0 Å². The van der Waals surface area contributed by atoms with E-state index in [4.69, 9.17) is 0 Å². The average molecular weight is 387 g/mol. The van der Waals surface area contributed by atoms with Gasteiger partial charge in [-0.2, -0.15) is 0 Å². The van der Waals surface area contributed by atoms with Gasteiger partial charge in [0.15, 0.2) is 0 Å². The summed E-state index contributed by atoms with van der Waals surface area (Å²) in [5, 5.41) is 3.29. The lowest BCUT2D eigenvalue weighted by Crippen LogP contribution is -2.53. The van der Waals surface area contributed by atoms with Crippen LogP contribution < -0.4 is 5.32 Å². The molecule has 1 aromatic carbocycles. The summed E-state index contributed by atoms with van der Waals surface area (Å²) in [6.07, 6.45) is 0.724. The van der Waals surface area contributed by atoms with Crippen molar-refractivity contribution in [2.75, 3.05) is 39.3 Å². The predicted octanol–water partition coefficient (Wildman–Crippen LogP) is 1.57. The zero-order valence-corrected chi connectivity index (χ0v) is 17.4. The van der Waals surface area contributed by atoms with Crippen LogP contribution in [0.1, 0.15) is 32.8 Å². The van der Waals surface area contributed by atoms with E-state index in [1.54, 1.807) is 11.8 Å². The first-order valence-electron chi connectivity index (χ1n) is 10.5. The molecule has 2 atom stereocenters. The van der Waals surface area contributed by atoms with Crippen LogP contribution in [0.4, 0.5) is 0 Å². The molecule has 2 aliphatic rings. The van der Waals surface area contributed by atoms with E-state index in [0.29, 0.717) is 12.5 Å². The minimum absolute atomic E-state index is 0.000178. The second kappa shape index (κ2) is 9.52. The Labute approximate surface area is 168 Å². The number of hydrogen-bond acceptors (Lipinski definition) is 4. The zero-order chi connectivity index (χ0) is 20.1. The molecule has 2 heterocycles. The van der Waals surface area contributed by atoms with Crippen molar-refractivity contribution in [1.82, 2.24) is 20.0 Å². The van der Waals surface area contributed by atoms with Crippen molar-refractivity contribution in [1.29, 1.82) is 0 Å². The van der Waals surface area contributed by atoms with Gasteiger partial charge in [-0.15, -0.1) is 0 Å². The minimum Gasteiger partial charge on any atom is -0.338 e. The first-order valence-corrected chi connectivity index (χ1v) is 10.5. The number of likely N-dealkylation sites (tertiary alicyclic amines) is 1. The third kappa shape index (κ3) is 5.11. The van der Waals surface area contributed by atoms with E-state index in [-0.39, 0.29) is 23.9 Å². The molecule has 2 fully saturated rings. The van der Waals surface area contributed by atoms with Gasteiger partial charge in [-0.25, -0.2) is 0 Å². The Morgan fingerprint density at radius 1 is 1.18 bits per heavy atom. The van der Waals surface area contributed by atoms with Crippen molar-refractivity contribution in [2.45, 2.75) is 45.8 Å². The fourth-order valence-corrected chi connectivity index (χ4v) is 4.39. The van der Waals surface area contributed by atoms with E-state index in [0.717, 1.165) is 45.7 Å². The van der Waals surface area contributed by atoms with E-state index in [1.165, 1.54) is 5.56 Å². The molecule has 0 radical (unpaired) electrons. The van der Waals surface area contributed by atoms with Crippen molar-refractivity contribution in [3.8, 4) is 0 Å². The summed E-state index contributed by atoms with van der Waals surface area (Å²) in [4.78, 5) is 31.6. The van der Waals surface area contributed by atoms with E-state index in [1.807, 2.05) is 11.0 Å². The summed E-state index contributed by atoms with van der Waals surface area (Å²) in [5.74, 6) is 0.640. The normalized spacial score (nSPS) is 22.9. The third-order valence-corrected chi connectivity index (χ3v) is 5.74. The van der Waals surface area contributed by atoms with Gasteiger partial charge < -0.3 is 15.1 Å². The lowest BCUT2D eigenvalue weighted by molar-refractivity contribution is -0.143. The van der Waals surface area contributed by atoms with Crippen LogP contribution in [0.15, 0.2) is 30.3 Å². The Balaban J connectivity index is 1.75. The highest BCUT2D eigenvalue weighted by atomic mass is 16.2. The van der Waals surface area contributed by atoms with Crippen LogP contribution in [0.25, 0.3) is 0 Å². The highest BCUT2D eigenvalue weighted by Gasteiger charge is 2.42. The molecular weight excluding hydrogens is 352 g/mol. The molecule has 6 heteroatoms. The highest BCUT2D eigenvalue weighted by Crippen LogP contribution is 2.26. The molecule has 2 amide bonds. The monoisotopic (exact) mass is 386 g/mol. The molecule has 2 aliphatic heterocycles. The molecule has 0 aromatic heterocycles. The molecular formula is C22H34N4O2. The summed E-state index contributed by atoms with van der Waals surface area (Å²) in [5.41, 5.74) is 1.27. The molecule has 1 N–H and O–H groups in total. The van der Waals surface area contributed by atoms with E-state index in [2.05, 4.69) is 48.3 Å². The van der Waals surface area contributed by atoms with Crippen LogP contribution in [0.5, 0.6) is 0 Å². The molecule has 3 rings (SSSR count). The lowest BCUT2D eigenvalue weighted by atomic mass is 10.1. The first-order chi connectivity index (χ1) is 13.5. The number of nitrogens with one attached hydrogen (secondary N) is 1. The number of piperazine rings is 1. The van der Waals surface area contributed by atoms with Crippen molar-refractivity contribution >= 4 is 11.8 Å². The smallest absolute Gasteiger partial charge is 0.245 e. The number of rotatable bonds is 6. The third-order valence-electron chi connectivity index (χ3n) is 5.74. The molecule has 2 unspecified atom stereocenters. The standard InChI is InChI=1S/C22H34N4O2/c1-17(2)14-25(15-19-7-5-4-6-8-19)20-13-21(26(16-20)18(3)27)22(28)24-11-9-23-10-12-24/h4-8,17,20-21,23H,9-16H2,1-3H3. The topological polar surface area (TPSA) is 55.9 Å². The van der Waals surface area contributed by atoms with Gasteiger partial charge in [0, 0.05) is 58.8 Å². The molecule has 1 aromatic rings. The fourth-order valence-electron chi connectivity index (χ4n) is 4.39. The lowest BCUT2D eigenvalue weighted by Gasteiger charge is -2.32. The van der Waals surface area contributed by atoms with Crippen molar-refractivity contribution in [3.05, 3.63) is 35.9 Å². The predicted molar refractivity (Wildman–Crippen MR) is 111 cm³/mol. The van der Waals surface area contributed by atoms with Gasteiger partial charge in [0.1, 0.15) is 6.04 Å². The van der Waals surface area contributed by atoms with Gasteiger partial charge in [-0.3, -0.25) is 14.5 Å². The number of carbonyl (C=O) groups is 2. The molecule has 0 aliphatic carbocycles. The molecule has 0 bridgehead atoms. The fraction of sp³-hybridized carbons (Fsp3) is 0.636. The van der Waals surface area contributed by atoms with Crippen LogP contribution in [-0.4, -0.2) is 77.9 Å². The average Bonchev–Trinajstić information content (AvgIpc) is 3.14. The van der Waals surface area contributed by atoms with Gasteiger partial charge in [0.05, 0.1) is 0 Å². The van der Waals surface area contributed by atoms with Crippen molar-refractivity contribution in [2.24, 2.45) is 5.92 Å². The SMILES string of the molecule is CC(=O)N1CC(N(Cc2ccccc2)CC(C)C)CC1C(=O)N1CCNCC1. The van der Waals surface area contributed by atoms with Gasteiger partial charge in [-0.1, -0.05) is 44.2 Å². The van der Waals surface area contributed by atoms with Crippen LogP contribution in [0, 0.1) is 5.92 Å². The second-order valence-corrected chi connectivity index (χ2v) is 8.46. The Morgan fingerprint density at radius 3 is 2.46 bits per heavy atom. The maximum atomic E-state index is 13.1. The number of hydrogen-bond donors (Lipinski definition) is 1. The molecule has 2 saturated heterocycles. The van der Waals surface area contributed by atoms with E-state index in [9.17, 15) is 9.59 Å². The highest BCUT2D eigenvalue weighted by molar-refractivity contribution is 5.87. The van der Waals surface area contributed by atoms with E-state index >= 15 is 0 Å². The maximum absolute atomic E-state index is 13.1. The first kappa shape index (κ1) is 20.8. The van der Waals surface area contributed by atoms with Gasteiger partial charge in [0.2, 0.25) is 11.8 Å². The zero-order valence-electron chi connectivity index (χ0n) is 17.4. The second-order valence-electron chi connectivity index (χ2n) is 8.46. The maximum Gasteiger partial charge on any atom is 0.245 e. The van der Waals surface area contributed by atoms with Crippen molar-refractivity contribution < 1.29 is 9.59 Å². The van der Waals surface area contributed by atoms with Gasteiger partial charge in [-0.05, 0) is 17.9 Å². The summed E-state index contributed by atoms with van der Waals surface area (Å²) >= 11 is 0. The van der Waals surface area contributed by atoms with Crippen LogP contribution in [-0.2, 0) is 16.1 Å². The van der Waals surface area contributed by atoms with Crippen LogP contribution in [0.2, 0.25) is 0 Å². The minimum atomic E-state index is -0.328. The Bertz CT molecular complexity index is 658. The number of nitrogens with zero attached hydrogens (tertiary/aromatic N) is 3. The molecule has 0 spiro atoms. The summed E-state index contributed by atoms with van der Waals surface area (Å²) in [6.45, 7) is 11.6. The van der Waals surface area contributed by atoms with Crippen LogP contribution in [0.3, 0.4) is 0 Å². The Kier molecular flexibility index (Phi) is 7.08. The number of carbonyl (C=O) groups excluding carboxylic acids is 2. The Morgan fingerprint density at radius 2 is 1.86 bits per heavy atom. The largest absolute Gasteiger partial charge is 0.338 e. The Hall–Kier alpha value is -1.92. The van der Waals surface area contributed by atoms with E-state index < -0.39 is 0 Å². The van der Waals surface area contributed by atoms with Gasteiger partial charge >= 0.3 is 0 Å². The van der Waals surface area contributed by atoms with Crippen molar-refractivity contribution in [3.63, 3.8) is 0 Å².